The number of hydrazone groups is 1. The Bertz CT molecular complexity index is 720. The molecule has 2 aromatic carbocycles. The third-order valence-corrected chi connectivity index (χ3v) is 3.05. The molecule has 0 saturated carbocycles. The molecular formula is C14H9Cl2FN2O2. The van der Waals surface area contributed by atoms with Gasteiger partial charge in [0.05, 0.1) is 16.8 Å². The molecule has 0 spiro atoms. The van der Waals surface area contributed by atoms with E-state index in [1.165, 1.54) is 36.4 Å². The molecule has 2 aromatic rings. The summed E-state index contributed by atoms with van der Waals surface area (Å²) in [7, 11) is 0. The van der Waals surface area contributed by atoms with Gasteiger partial charge in [0.1, 0.15) is 11.6 Å². The molecule has 1 amide bonds. The van der Waals surface area contributed by atoms with Gasteiger partial charge in [-0.15, -0.1) is 0 Å². The average Bonchev–Trinajstić information content (AvgIpc) is 2.44. The van der Waals surface area contributed by atoms with Crippen molar-refractivity contribution >= 4 is 35.3 Å². The number of halogens is 3. The zero-order valence-corrected chi connectivity index (χ0v) is 12.0. The number of nitrogens with one attached hydrogen (secondary N) is 1. The van der Waals surface area contributed by atoms with Crippen molar-refractivity contribution in [2.75, 3.05) is 0 Å². The van der Waals surface area contributed by atoms with Crippen molar-refractivity contribution in [1.29, 1.82) is 0 Å². The molecule has 108 valence electrons. The highest BCUT2D eigenvalue weighted by Crippen LogP contribution is 2.29. The molecule has 0 aliphatic heterocycles. The number of hydrogen-bond acceptors (Lipinski definition) is 3. The Morgan fingerprint density at radius 1 is 1.29 bits per heavy atom. The van der Waals surface area contributed by atoms with Crippen LogP contribution in [-0.4, -0.2) is 17.2 Å². The van der Waals surface area contributed by atoms with E-state index in [-0.39, 0.29) is 21.9 Å². The fraction of sp³-hybridized carbons (Fsp3) is 0. The minimum absolute atomic E-state index is 0.0596. The zero-order valence-electron chi connectivity index (χ0n) is 10.5. The first-order valence-electron chi connectivity index (χ1n) is 5.75. The van der Waals surface area contributed by atoms with Crippen LogP contribution in [0.1, 0.15) is 15.9 Å². The van der Waals surface area contributed by atoms with E-state index in [0.717, 1.165) is 6.21 Å². The van der Waals surface area contributed by atoms with Crippen LogP contribution in [0.15, 0.2) is 41.5 Å². The van der Waals surface area contributed by atoms with Gasteiger partial charge in [0.15, 0.2) is 0 Å². The number of hydrogen-bond donors (Lipinski definition) is 2. The fourth-order valence-electron chi connectivity index (χ4n) is 1.55. The second-order valence-electron chi connectivity index (χ2n) is 4.00. The molecule has 2 N–H and O–H groups in total. The SMILES string of the molecule is O=C(NN=Cc1cc(Cl)cc(Cl)c1O)c1ccccc1F. The molecule has 4 nitrogen and oxygen atoms in total. The van der Waals surface area contributed by atoms with Crippen molar-refractivity contribution in [2.24, 2.45) is 5.10 Å². The van der Waals surface area contributed by atoms with Gasteiger partial charge in [0.2, 0.25) is 0 Å². The summed E-state index contributed by atoms with van der Waals surface area (Å²) in [6.07, 6.45) is 1.16. The van der Waals surface area contributed by atoms with Crippen LogP contribution < -0.4 is 5.43 Å². The van der Waals surface area contributed by atoms with Gasteiger partial charge in [-0.25, -0.2) is 9.82 Å². The highest BCUT2D eigenvalue weighted by atomic mass is 35.5. The van der Waals surface area contributed by atoms with Crippen LogP contribution in [0.5, 0.6) is 5.75 Å². The Labute approximate surface area is 129 Å². The molecule has 0 aliphatic rings. The summed E-state index contributed by atoms with van der Waals surface area (Å²) in [5, 5.41) is 13.7. The summed E-state index contributed by atoms with van der Waals surface area (Å²) in [5.74, 6) is -1.58. The Kier molecular flexibility index (Phi) is 4.77. The van der Waals surface area contributed by atoms with Crippen LogP contribution in [0, 0.1) is 5.82 Å². The molecule has 0 heterocycles. The summed E-state index contributed by atoms with van der Waals surface area (Å²) < 4.78 is 13.4. The number of phenols is 1. The number of rotatable bonds is 3. The van der Waals surface area contributed by atoms with E-state index >= 15 is 0 Å². The lowest BCUT2D eigenvalue weighted by Crippen LogP contribution is -2.18. The molecule has 0 aliphatic carbocycles. The Morgan fingerprint density at radius 3 is 2.71 bits per heavy atom. The normalized spacial score (nSPS) is 10.8. The largest absolute Gasteiger partial charge is 0.506 e. The summed E-state index contributed by atoms with van der Waals surface area (Å²) >= 11 is 11.5. The van der Waals surface area contributed by atoms with E-state index in [0.29, 0.717) is 5.02 Å². The number of benzene rings is 2. The Balaban J connectivity index is 2.13. The van der Waals surface area contributed by atoms with Gasteiger partial charge in [-0.05, 0) is 24.3 Å². The van der Waals surface area contributed by atoms with Gasteiger partial charge < -0.3 is 5.11 Å². The standard InChI is InChI=1S/C14H9Cl2FN2O2/c15-9-5-8(13(20)11(16)6-9)7-18-19-14(21)10-3-1-2-4-12(10)17/h1-7,20H,(H,19,21). The fourth-order valence-corrected chi connectivity index (χ4v) is 2.06. The molecule has 21 heavy (non-hydrogen) atoms. The Hall–Kier alpha value is -2.11. The zero-order chi connectivity index (χ0) is 15.4. The maximum absolute atomic E-state index is 13.4. The van der Waals surface area contributed by atoms with Crippen molar-refractivity contribution in [2.45, 2.75) is 0 Å². The smallest absolute Gasteiger partial charge is 0.274 e. The van der Waals surface area contributed by atoms with Crippen LogP contribution >= 0.6 is 23.2 Å². The molecule has 0 radical (unpaired) electrons. The quantitative estimate of drug-likeness (QED) is 0.668. The molecule has 0 unspecified atom stereocenters. The van der Waals surface area contributed by atoms with Crippen molar-refractivity contribution in [3.8, 4) is 5.75 Å². The molecule has 0 fully saturated rings. The predicted molar refractivity (Wildman–Crippen MR) is 79.6 cm³/mol. The summed E-state index contributed by atoms with van der Waals surface area (Å²) in [6.45, 7) is 0. The molecule has 7 heteroatoms. The van der Waals surface area contributed by atoms with E-state index < -0.39 is 11.7 Å². The third-order valence-electron chi connectivity index (χ3n) is 2.55. The first-order valence-corrected chi connectivity index (χ1v) is 6.50. The van der Waals surface area contributed by atoms with Gasteiger partial charge in [0, 0.05) is 10.6 Å². The number of carbonyl (C=O) groups excluding carboxylic acids is 1. The minimum Gasteiger partial charge on any atom is -0.506 e. The molecule has 0 aromatic heterocycles. The summed E-state index contributed by atoms with van der Waals surface area (Å²) in [4.78, 5) is 11.7. The van der Waals surface area contributed by atoms with Gasteiger partial charge in [-0.2, -0.15) is 5.10 Å². The number of carbonyl (C=O) groups is 1. The van der Waals surface area contributed by atoms with E-state index in [4.69, 9.17) is 23.2 Å². The molecule has 0 bridgehead atoms. The van der Waals surface area contributed by atoms with Crippen molar-refractivity contribution in [3.63, 3.8) is 0 Å². The average molecular weight is 327 g/mol. The lowest BCUT2D eigenvalue weighted by Gasteiger charge is -2.03. The van der Waals surface area contributed by atoms with Crippen LogP contribution in [0.25, 0.3) is 0 Å². The first kappa shape index (κ1) is 15.3. The summed E-state index contributed by atoms with van der Waals surface area (Å²) in [5.41, 5.74) is 2.23. The maximum Gasteiger partial charge on any atom is 0.274 e. The maximum atomic E-state index is 13.4. The Morgan fingerprint density at radius 2 is 2.00 bits per heavy atom. The highest BCUT2D eigenvalue weighted by Gasteiger charge is 2.10. The van der Waals surface area contributed by atoms with E-state index in [2.05, 4.69) is 10.5 Å². The minimum atomic E-state index is -0.711. The van der Waals surface area contributed by atoms with E-state index in [9.17, 15) is 14.3 Å². The van der Waals surface area contributed by atoms with Crippen molar-refractivity contribution in [1.82, 2.24) is 5.43 Å². The number of amides is 1. The van der Waals surface area contributed by atoms with Gasteiger partial charge in [-0.3, -0.25) is 4.79 Å². The van der Waals surface area contributed by atoms with Gasteiger partial charge >= 0.3 is 0 Å². The number of phenolic OH excluding ortho intramolecular Hbond substituents is 1. The van der Waals surface area contributed by atoms with Crippen LogP contribution in [-0.2, 0) is 0 Å². The second-order valence-corrected chi connectivity index (χ2v) is 4.85. The molecule has 0 saturated heterocycles. The molecule has 2 rings (SSSR count). The first-order chi connectivity index (χ1) is 9.99. The molecule has 0 atom stereocenters. The van der Waals surface area contributed by atoms with Crippen molar-refractivity contribution in [3.05, 3.63) is 63.4 Å². The predicted octanol–water partition coefficient (Wildman–Crippen LogP) is 3.60. The second kappa shape index (κ2) is 6.56. The van der Waals surface area contributed by atoms with Crippen molar-refractivity contribution < 1.29 is 14.3 Å². The topological polar surface area (TPSA) is 61.7 Å². The molecular weight excluding hydrogens is 318 g/mol. The van der Waals surface area contributed by atoms with Crippen LogP contribution in [0.4, 0.5) is 4.39 Å². The van der Waals surface area contributed by atoms with E-state index in [1.54, 1.807) is 0 Å². The van der Waals surface area contributed by atoms with E-state index in [1.807, 2.05) is 0 Å². The van der Waals surface area contributed by atoms with Gasteiger partial charge in [-0.1, -0.05) is 35.3 Å². The lowest BCUT2D eigenvalue weighted by atomic mass is 10.2. The van der Waals surface area contributed by atoms with Crippen LogP contribution in [0.3, 0.4) is 0 Å². The summed E-state index contributed by atoms with van der Waals surface area (Å²) in [6, 6.07) is 8.29. The monoisotopic (exact) mass is 326 g/mol. The van der Waals surface area contributed by atoms with Crippen LogP contribution in [0.2, 0.25) is 10.0 Å². The highest BCUT2D eigenvalue weighted by molar-refractivity contribution is 6.36. The lowest BCUT2D eigenvalue weighted by molar-refractivity contribution is 0.0951. The number of aromatic hydroxyl groups is 1. The van der Waals surface area contributed by atoms with Gasteiger partial charge in [0.25, 0.3) is 5.91 Å². The number of nitrogens with zero attached hydrogens (tertiary/aromatic N) is 1. The third kappa shape index (κ3) is 3.71.